The number of urea groups is 1. The quantitative estimate of drug-likeness (QED) is 0.743. The van der Waals surface area contributed by atoms with Crippen LogP contribution in [-0.2, 0) is 0 Å². The predicted molar refractivity (Wildman–Crippen MR) is 99.4 cm³/mol. The molecule has 1 aromatic rings. The molecule has 2 fully saturated rings. The summed E-state index contributed by atoms with van der Waals surface area (Å²) in [6.45, 7) is 0.144. The molecule has 5 nitrogen and oxygen atoms in total. The van der Waals surface area contributed by atoms with Crippen molar-refractivity contribution >= 4 is 6.03 Å². The zero-order chi connectivity index (χ0) is 17.6. The van der Waals surface area contributed by atoms with Gasteiger partial charge >= 0.3 is 6.03 Å². The van der Waals surface area contributed by atoms with E-state index in [4.69, 9.17) is 5.11 Å². The van der Waals surface area contributed by atoms with Crippen LogP contribution in [0.5, 0.6) is 0 Å². The molecular weight excluding hydrogens is 314 g/mol. The Morgan fingerprint density at radius 3 is 2.56 bits per heavy atom. The molecule has 0 aliphatic carbocycles. The Hall–Kier alpha value is -1.59. The number of aliphatic hydroxyl groups excluding tert-OH is 1. The van der Waals surface area contributed by atoms with Gasteiger partial charge in [0.2, 0.25) is 0 Å². The Morgan fingerprint density at radius 2 is 1.92 bits per heavy atom. The third-order valence-electron chi connectivity index (χ3n) is 5.83. The normalized spacial score (nSPS) is 27.5. The molecule has 0 unspecified atom stereocenters. The standard InChI is InChI=1S/C20H31N3O2/c1-23-17-9-5-10-18(23)14-16(13-17)21-20(25)22-19(11-6-12-24)15-7-3-2-4-8-15/h2-4,7-8,16-19,24H,5-6,9-14H2,1H3,(H2,21,22,25)/t17-,18-,19-/m0/s1. The molecule has 0 radical (unpaired) electrons. The van der Waals surface area contributed by atoms with Crippen LogP contribution in [0.2, 0.25) is 0 Å². The predicted octanol–water partition coefficient (Wildman–Crippen LogP) is 2.81. The molecule has 3 atom stereocenters. The summed E-state index contributed by atoms with van der Waals surface area (Å²) in [5, 5.41) is 15.5. The van der Waals surface area contributed by atoms with Gasteiger partial charge in [0.05, 0.1) is 6.04 Å². The zero-order valence-corrected chi connectivity index (χ0v) is 15.2. The summed E-state index contributed by atoms with van der Waals surface area (Å²) < 4.78 is 0. The zero-order valence-electron chi connectivity index (χ0n) is 15.2. The van der Waals surface area contributed by atoms with Gasteiger partial charge in [-0.25, -0.2) is 4.79 Å². The van der Waals surface area contributed by atoms with Crippen molar-refractivity contribution < 1.29 is 9.90 Å². The lowest BCUT2D eigenvalue weighted by Gasteiger charge is -2.47. The molecule has 3 N–H and O–H groups in total. The maximum absolute atomic E-state index is 12.6. The van der Waals surface area contributed by atoms with Crippen LogP contribution < -0.4 is 10.6 Å². The molecule has 2 amide bonds. The van der Waals surface area contributed by atoms with Gasteiger partial charge in [-0.05, 0) is 51.1 Å². The first-order chi connectivity index (χ1) is 12.2. The molecule has 1 aromatic carbocycles. The largest absolute Gasteiger partial charge is 0.396 e. The Bertz CT molecular complexity index is 537. The molecule has 25 heavy (non-hydrogen) atoms. The number of hydrogen-bond acceptors (Lipinski definition) is 3. The number of rotatable bonds is 6. The molecule has 2 bridgehead atoms. The first-order valence-corrected chi connectivity index (χ1v) is 9.62. The third-order valence-corrected chi connectivity index (χ3v) is 5.83. The topological polar surface area (TPSA) is 64.6 Å². The fourth-order valence-electron chi connectivity index (χ4n) is 4.42. The van der Waals surface area contributed by atoms with E-state index in [-0.39, 0.29) is 24.7 Å². The number of benzene rings is 1. The van der Waals surface area contributed by atoms with E-state index in [1.807, 2.05) is 30.3 Å². The van der Waals surface area contributed by atoms with Crippen LogP contribution in [0.25, 0.3) is 0 Å². The average Bonchev–Trinajstić information content (AvgIpc) is 2.60. The first-order valence-electron chi connectivity index (χ1n) is 9.62. The summed E-state index contributed by atoms with van der Waals surface area (Å²) in [5.74, 6) is 0. The van der Waals surface area contributed by atoms with E-state index in [0.717, 1.165) is 24.8 Å². The van der Waals surface area contributed by atoms with Crippen molar-refractivity contribution in [3.63, 3.8) is 0 Å². The number of aliphatic hydroxyl groups is 1. The van der Waals surface area contributed by atoms with Gasteiger partial charge in [-0.1, -0.05) is 36.8 Å². The second-order valence-corrected chi connectivity index (χ2v) is 7.52. The van der Waals surface area contributed by atoms with Crippen LogP contribution in [0, 0.1) is 0 Å². The van der Waals surface area contributed by atoms with Gasteiger partial charge in [-0.3, -0.25) is 0 Å². The first kappa shape index (κ1) is 18.2. The van der Waals surface area contributed by atoms with Crippen LogP contribution in [0.15, 0.2) is 30.3 Å². The second kappa shape index (κ2) is 8.68. The van der Waals surface area contributed by atoms with Gasteiger partial charge in [0.25, 0.3) is 0 Å². The van der Waals surface area contributed by atoms with E-state index >= 15 is 0 Å². The van der Waals surface area contributed by atoms with Crippen LogP contribution in [0.4, 0.5) is 4.79 Å². The molecule has 3 rings (SSSR count). The fraction of sp³-hybridized carbons (Fsp3) is 0.650. The highest BCUT2D eigenvalue weighted by atomic mass is 16.3. The minimum atomic E-state index is -0.0839. The number of carbonyl (C=O) groups excluding carboxylic acids is 1. The summed E-state index contributed by atoms with van der Waals surface area (Å²) in [6, 6.07) is 11.3. The molecular formula is C20H31N3O2. The van der Waals surface area contributed by atoms with Gasteiger partial charge in [0, 0.05) is 24.7 Å². The maximum Gasteiger partial charge on any atom is 0.315 e. The van der Waals surface area contributed by atoms with Crippen molar-refractivity contribution in [3.8, 4) is 0 Å². The van der Waals surface area contributed by atoms with E-state index in [9.17, 15) is 4.79 Å². The monoisotopic (exact) mass is 345 g/mol. The van der Waals surface area contributed by atoms with E-state index in [1.54, 1.807) is 0 Å². The van der Waals surface area contributed by atoms with Crippen LogP contribution in [0.1, 0.15) is 56.6 Å². The molecule has 138 valence electrons. The van der Waals surface area contributed by atoms with Crippen molar-refractivity contribution in [2.75, 3.05) is 13.7 Å². The maximum atomic E-state index is 12.6. The van der Waals surface area contributed by atoms with Crippen molar-refractivity contribution in [3.05, 3.63) is 35.9 Å². The van der Waals surface area contributed by atoms with E-state index in [2.05, 4.69) is 22.6 Å². The number of piperidine rings is 2. The minimum absolute atomic E-state index is 0.0564. The van der Waals surface area contributed by atoms with E-state index in [1.165, 1.54) is 19.3 Å². The molecule has 0 saturated carbocycles. The number of carbonyl (C=O) groups is 1. The number of nitrogens with one attached hydrogen (secondary N) is 2. The smallest absolute Gasteiger partial charge is 0.315 e. The minimum Gasteiger partial charge on any atom is -0.396 e. The Balaban J connectivity index is 1.56. The van der Waals surface area contributed by atoms with Gasteiger partial charge < -0.3 is 20.6 Å². The van der Waals surface area contributed by atoms with Crippen molar-refractivity contribution in [1.29, 1.82) is 0 Å². The Morgan fingerprint density at radius 1 is 1.24 bits per heavy atom. The lowest BCUT2D eigenvalue weighted by Crippen LogP contribution is -2.56. The highest BCUT2D eigenvalue weighted by Crippen LogP contribution is 2.32. The molecule has 5 heteroatoms. The van der Waals surface area contributed by atoms with Gasteiger partial charge in [0.1, 0.15) is 0 Å². The molecule has 2 aliphatic heterocycles. The van der Waals surface area contributed by atoms with E-state index in [0.29, 0.717) is 18.5 Å². The molecule has 0 aromatic heterocycles. The number of fused-ring (bicyclic) bond motifs is 2. The van der Waals surface area contributed by atoms with Crippen LogP contribution in [0.3, 0.4) is 0 Å². The number of nitrogens with zero attached hydrogens (tertiary/aromatic N) is 1. The lowest BCUT2D eigenvalue weighted by molar-refractivity contribution is 0.0508. The highest BCUT2D eigenvalue weighted by Gasteiger charge is 2.36. The highest BCUT2D eigenvalue weighted by molar-refractivity contribution is 5.74. The average molecular weight is 345 g/mol. The summed E-state index contributed by atoms with van der Waals surface area (Å²) in [5.41, 5.74) is 1.09. The van der Waals surface area contributed by atoms with Gasteiger partial charge in [-0.2, -0.15) is 0 Å². The summed E-state index contributed by atoms with van der Waals surface area (Å²) in [7, 11) is 2.23. The summed E-state index contributed by atoms with van der Waals surface area (Å²) in [4.78, 5) is 15.1. The Labute approximate surface area is 150 Å². The molecule has 0 spiro atoms. The van der Waals surface area contributed by atoms with Gasteiger partial charge in [-0.15, -0.1) is 0 Å². The second-order valence-electron chi connectivity index (χ2n) is 7.52. The van der Waals surface area contributed by atoms with Crippen molar-refractivity contribution in [2.24, 2.45) is 0 Å². The summed E-state index contributed by atoms with van der Waals surface area (Å²) in [6.07, 6.45) is 7.33. The van der Waals surface area contributed by atoms with E-state index < -0.39 is 0 Å². The lowest BCUT2D eigenvalue weighted by atomic mass is 9.82. The number of amides is 2. The molecule has 2 saturated heterocycles. The van der Waals surface area contributed by atoms with Crippen molar-refractivity contribution in [2.45, 2.75) is 69.1 Å². The third kappa shape index (κ3) is 4.73. The molecule has 2 heterocycles. The summed E-state index contributed by atoms with van der Waals surface area (Å²) >= 11 is 0. The van der Waals surface area contributed by atoms with Gasteiger partial charge in [0.15, 0.2) is 0 Å². The van der Waals surface area contributed by atoms with Crippen LogP contribution >= 0.6 is 0 Å². The number of hydrogen-bond donors (Lipinski definition) is 3. The molecule has 2 aliphatic rings. The van der Waals surface area contributed by atoms with Crippen LogP contribution in [-0.4, -0.2) is 47.8 Å². The Kier molecular flexibility index (Phi) is 6.32. The fourth-order valence-corrected chi connectivity index (χ4v) is 4.42. The van der Waals surface area contributed by atoms with Crippen molar-refractivity contribution in [1.82, 2.24) is 15.5 Å². The SMILES string of the molecule is CN1[C@H]2CCC[C@H]1CC(NC(=O)N[C@@H](CCCO)c1ccccc1)C2.